The van der Waals surface area contributed by atoms with Gasteiger partial charge in [0.25, 0.3) is 11.9 Å². The summed E-state index contributed by atoms with van der Waals surface area (Å²) in [5.74, 6) is 1.86. The number of anilines is 2. The van der Waals surface area contributed by atoms with Crippen molar-refractivity contribution in [3.8, 4) is 12.0 Å². The Balaban J connectivity index is 0.835. The first-order chi connectivity index (χ1) is 28.4. The van der Waals surface area contributed by atoms with Gasteiger partial charge in [0.05, 0.1) is 14.2 Å². The lowest BCUT2D eigenvalue weighted by molar-refractivity contribution is 0.0578. The second kappa shape index (κ2) is 18.8. The van der Waals surface area contributed by atoms with E-state index >= 15 is 0 Å². The van der Waals surface area contributed by atoms with Gasteiger partial charge in [0.2, 0.25) is 11.9 Å². The number of ether oxygens (including phenoxy) is 2. The molecule has 0 aromatic carbocycles. The molecule has 318 valence electrons. The molecule has 4 aliphatic carbocycles. The molecule has 4 saturated carbocycles. The molecule has 0 amide bonds. The highest BCUT2D eigenvalue weighted by atomic mass is 16.5. The summed E-state index contributed by atoms with van der Waals surface area (Å²) in [6, 6.07) is 1.11. The number of methoxy groups -OCH3 is 2. The minimum atomic E-state index is 0.0815. The zero-order valence-corrected chi connectivity index (χ0v) is 35.5. The Hall–Kier alpha value is -3.52. The Kier molecular flexibility index (Phi) is 13.4. The van der Waals surface area contributed by atoms with Gasteiger partial charge in [-0.3, -0.25) is 0 Å². The van der Waals surface area contributed by atoms with E-state index in [-0.39, 0.29) is 35.2 Å². The third-order valence-corrected chi connectivity index (χ3v) is 14.8. The van der Waals surface area contributed by atoms with E-state index in [4.69, 9.17) is 19.4 Å². The molecule has 2 aromatic rings. The molecule has 8 rings (SSSR count). The summed E-state index contributed by atoms with van der Waals surface area (Å²) in [7, 11) is 3.20. The molecular weight excluding hydrogens is 729 g/mol. The summed E-state index contributed by atoms with van der Waals surface area (Å²) < 4.78 is 11.0. The van der Waals surface area contributed by atoms with E-state index < -0.39 is 0 Å². The van der Waals surface area contributed by atoms with Crippen molar-refractivity contribution in [3.63, 3.8) is 0 Å². The highest BCUT2D eigenvalue weighted by Gasteiger charge is 2.51. The fraction of sp³-hybridized carbons (Fsp3) is 0.818. The SMILES string of the molecule is COc1nc(N=CCCCCC=Nc2nc(NC3CCCCC34CCCC3(CCCCC3)N4)nc(OC)n2)nc(NC2CCCCC23CCCC2(CCCCC2)N3)n1. The van der Waals surface area contributed by atoms with Gasteiger partial charge in [-0.1, -0.05) is 64.2 Å². The first-order valence-electron chi connectivity index (χ1n) is 23.2. The molecule has 14 heteroatoms. The molecule has 14 nitrogen and oxygen atoms in total. The van der Waals surface area contributed by atoms with E-state index in [9.17, 15) is 0 Å². The third kappa shape index (κ3) is 9.74. The van der Waals surface area contributed by atoms with Gasteiger partial charge in [-0.05, 0) is 116 Å². The number of hydrogen-bond donors (Lipinski definition) is 4. The summed E-state index contributed by atoms with van der Waals surface area (Å²) in [5, 5.41) is 16.1. The summed E-state index contributed by atoms with van der Waals surface area (Å²) in [6.45, 7) is 0. The number of aromatic nitrogens is 6. The molecule has 2 aliphatic heterocycles. The van der Waals surface area contributed by atoms with Crippen LogP contribution < -0.4 is 30.7 Å². The number of nitrogens with one attached hydrogen (secondary N) is 4. The smallest absolute Gasteiger partial charge is 0.322 e. The Bertz CT molecular complexity index is 1570. The monoisotopic (exact) mass is 799 g/mol. The molecule has 2 aromatic heterocycles. The van der Waals surface area contributed by atoms with Gasteiger partial charge < -0.3 is 30.7 Å². The van der Waals surface area contributed by atoms with Crippen LogP contribution >= 0.6 is 0 Å². The number of hydrogen-bond acceptors (Lipinski definition) is 14. The number of rotatable bonds is 13. The lowest BCUT2D eigenvalue weighted by atomic mass is 9.65. The summed E-state index contributed by atoms with van der Waals surface area (Å²) >= 11 is 0. The number of nitrogens with zero attached hydrogens (tertiary/aromatic N) is 8. The van der Waals surface area contributed by atoms with Crippen LogP contribution in [0.25, 0.3) is 0 Å². The van der Waals surface area contributed by atoms with Crippen LogP contribution in [-0.2, 0) is 0 Å². The first-order valence-corrected chi connectivity index (χ1v) is 23.2. The molecule has 4 spiro atoms. The molecular formula is C44H70N12O2. The number of aliphatic imine (C=N–C) groups is 2. The largest absolute Gasteiger partial charge is 0.467 e. The van der Waals surface area contributed by atoms with Crippen molar-refractivity contribution >= 4 is 36.2 Å². The van der Waals surface area contributed by atoms with Crippen molar-refractivity contribution in [1.82, 2.24) is 40.5 Å². The predicted octanol–water partition coefficient (Wildman–Crippen LogP) is 8.88. The maximum absolute atomic E-state index is 5.49. The lowest BCUT2D eigenvalue weighted by Gasteiger charge is -2.56. The van der Waals surface area contributed by atoms with Gasteiger partial charge in [-0.15, -0.1) is 0 Å². The Morgan fingerprint density at radius 2 is 0.914 bits per heavy atom. The van der Waals surface area contributed by atoms with Crippen LogP contribution in [0.4, 0.5) is 23.8 Å². The average Bonchev–Trinajstić information content (AvgIpc) is 3.24. The predicted molar refractivity (Wildman–Crippen MR) is 230 cm³/mol. The van der Waals surface area contributed by atoms with E-state index in [1.165, 1.54) is 141 Å². The van der Waals surface area contributed by atoms with Crippen LogP contribution in [0.5, 0.6) is 12.0 Å². The Morgan fingerprint density at radius 1 is 0.517 bits per heavy atom. The molecule has 4 N–H and O–H groups in total. The lowest BCUT2D eigenvalue weighted by Crippen LogP contribution is -2.68. The van der Waals surface area contributed by atoms with Crippen molar-refractivity contribution in [2.45, 2.75) is 214 Å². The molecule has 6 fully saturated rings. The molecule has 6 aliphatic rings. The molecule has 0 bridgehead atoms. The maximum atomic E-state index is 5.49. The Morgan fingerprint density at radius 3 is 1.34 bits per heavy atom. The van der Waals surface area contributed by atoms with E-state index in [1.54, 1.807) is 14.2 Å². The number of piperidine rings is 2. The first kappa shape index (κ1) is 41.2. The van der Waals surface area contributed by atoms with E-state index in [0.717, 1.165) is 38.5 Å². The minimum absolute atomic E-state index is 0.0815. The fourth-order valence-corrected chi connectivity index (χ4v) is 12.0. The highest BCUT2D eigenvalue weighted by Crippen LogP contribution is 2.46. The molecule has 4 unspecified atom stereocenters. The van der Waals surface area contributed by atoms with Crippen LogP contribution in [0.15, 0.2) is 9.98 Å². The highest BCUT2D eigenvalue weighted by molar-refractivity contribution is 5.62. The molecule has 58 heavy (non-hydrogen) atoms. The van der Waals surface area contributed by atoms with Gasteiger partial charge in [0, 0.05) is 46.7 Å². The zero-order valence-electron chi connectivity index (χ0n) is 35.5. The maximum Gasteiger partial charge on any atom is 0.322 e. The van der Waals surface area contributed by atoms with Gasteiger partial charge in [0.1, 0.15) is 0 Å². The molecule has 4 atom stereocenters. The van der Waals surface area contributed by atoms with Gasteiger partial charge in [-0.25, -0.2) is 9.98 Å². The minimum Gasteiger partial charge on any atom is -0.467 e. The van der Waals surface area contributed by atoms with Gasteiger partial charge >= 0.3 is 12.0 Å². The summed E-state index contributed by atoms with van der Waals surface area (Å²) in [5.41, 5.74) is 0.767. The van der Waals surface area contributed by atoms with Crippen molar-refractivity contribution in [2.75, 3.05) is 24.9 Å². The normalized spacial score (nSPS) is 29.7. The van der Waals surface area contributed by atoms with Crippen LogP contribution in [0.3, 0.4) is 0 Å². The standard InChI is InChI=1S/C44H70N12O2/c1-57-39-51-35(49-37(53-39)47-33-19-7-13-27-43(33)29-17-25-41(55-43)21-9-5-10-22-41)45-31-15-3-4-16-32-46-36-50-38(54-40(52-36)58-2)48-34-20-8-14-28-44(34)30-18-26-42(56-44)23-11-6-12-24-42/h31-34,55-56H,3-30H2,1-2H3,(H,47,49,51,53)(H,48,50,52,54). The van der Waals surface area contributed by atoms with Gasteiger partial charge in [-0.2, -0.15) is 29.9 Å². The average molecular weight is 799 g/mol. The number of unbranched alkanes of at least 4 members (excludes halogenated alkanes) is 3. The molecule has 4 heterocycles. The van der Waals surface area contributed by atoms with Crippen molar-refractivity contribution in [1.29, 1.82) is 0 Å². The van der Waals surface area contributed by atoms with Crippen molar-refractivity contribution < 1.29 is 9.47 Å². The van der Waals surface area contributed by atoms with Crippen LogP contribution in [0.1, 0.15) is 180 Å². The molecule has 2 saturated heterocycles. The molecule has 0 radical (unpaired) electrons. The van der Waals surface area contributed by atoms with Crippen molar-refractivity contribution in [2.24, 2.45) is 9.98 Å². The third-order valence-electron chi connectivity index (χ3n) is 14.8. The van der Waals surface area contributed by atoms with E-state index in [2.05, 4.69) is 51.2 Å². The van der Waals surface area contributed by atoms with Crippen molar-refractivity contribution in [3.05, 3.63) is 0 Å². The van der Waals surface area contributed by atoms with E-state index in [0.29, 0.717) is 34.9 Å². The summed E-state index contributed by atoms with van der Waals surface area (Å²) in [4.78, 5) is 36.9. The van der Waals surface area contributed by atoms with Crippen LogP contribution in [0, 0.1) is 0 Å². The van der Waals surface area contributed by atoms with Crippen LogP contribution in [0.2, 0.25) is 0 Å². The fourth-order valence-electron chi connectivity index (χ4n) is 12.0. The van der Waals surface area contributed by atoms with E-state index in [1.807, 2.05) is 12.4 Å². The zero-order chi connectivity index (χ0) is 39.7. The Labute approximate surface area is 346 Å². The quantitative estimate of drug-likeness (QED) is 0.112. The second-order valence-corrected chi connectivity index (χ2v) is 18.6. The topological polar surface area (TPSA) is 169 Å². The van der Waals surface area contributed by atoms with Gasteiger partial charge in [0.15, 0.2) is 0 Å². The summed E-state index contributed by atoms with van der Waals surface area (Å²) in [6.07, 6.45) is 37.8. The van der Waals surface area contributed by atoms with Crippen LogP contribution in [-0.4, -0.2) is 90.8 Å². The second-order valence-electron chi connectivity index (χ2n) is 18.6.